The molecule has 0 radical (unpaired) electrons. The van der Waals surface area contributed by atoms with Crippen LogP contribution >= 0.6 is 11.3 Å². The summed E-state index contributed by atoms with van der Waals surface area (Å²) in [5.41, 5.74) is 7.27. The van der Waals surface area contributed by atoms with Crippen LogP contribution in [0.3, 0.4) is 0 Å². The summed E-state index contributed by atoms with van der Waals surface area (Å²) in [6.45, 7) is 8.67. The molecule has 0 aliphatic rings. The van der Waals surface area contributed by atoms with Crippen LogP contribution in [-0.2, 0) is 0 Å². The molecule has 0 amide bonds. The Morgan fingerprint density at radius 3 is 2.59 bits per heavy atom. The first-order valence-corrected chi connectivity index (χ1v) is 8.41. The maximum absolute atomic E-state index is 4.86. The number of aromatic nitrogens is 2. The largest absolute Gasteiger partial charge is 0.264 e. The van der Waals surface area contributed by atoms with Gasteiger partial charge in [0.1, 0.15) is 5.01 Å². The Morgan fingerprint density at radius 2 is 1.86 bits per heavy atom. The lowest BCUT2D eigenvalue weighted by molar-refractivity contribution is 0.865. The number of pyridine rings is 1. The molecule has 0 atom stereocenters. The van der Waals surface area contributed by atoms with Gasteiger partial charge >= 0.3 is 0 Å². The molecule has 0 N–H and O–H groups in total. The molecule has 0 unspecified atom stereocenters. The van der Waals surface area contributed by atoms with Crippen LogP contribution in [0.25, 0.3) is 21.8 Å². The van der Waals surface area contributed by atoms with Gasteiger partial charge in [-0.05, 0) is 37.0 Å². The van der Waals surface area contributed by atoms with Gasteiger partial charge in [0.05, 0.1) is 5.69 Å². The minimum Gasteiger partial charge on any atom is -0.264 e. The molecule has 0 spiro atoms. The molecule has 0 fully saturated rings. The molecule has 0 saturated heterocycles. The molecule has 3 rings (SSSR count). The van der Waals surface area contributed by atoms with Gasteiger partial charge in [0.2, 0.25) is 0 Å². The number of rotatable bonds is 3. The van der Waals surface area contributed by atoms with Crippen molar-refractivity contribution >= 4 is 11.3 Å². The van der Waals surface area contributed by atoms with Crippen molar-refractivity contribution in [1.29, 1.82) is 0 Å². The molecule has 2 aromatic heterocycles. The predicted molar refractivity (Wildman–Crippen MR) is 94.3 cm³/mol. The molecule has 1 aromatic carbocycles. The van der Waals surface area contributed by atoms with Crippen LogP contribution in [0.15, 0.2) is 42.0 Å². The summed E-state index contributed by atoms with van der Waals surface area (Å²) in [4.78, 5) is 9.14. The van der Waals surface area contributed by atoms with Crippen molar-refractivity contribution in [2.75, 3.05) is 0 Å². The van der Waals surface area contributed by atoms with Crippen molar-refractivity contribution in [2.24, 2.45) is 0 Å². The van der Waals surface area contributed by atoms with Gasteiger partial charge in [0.25, 0.3) is 0 Å². The first-order valence-electron chi connectivity index (χ1n) is 7.53. The SMILES string of the molecule is Cc1ccc(-c2csc(-c3cnccc3C(C)C)n2)c(C)c1. The molecule has 0 aliphatic carbocycles. The monoisotopic (exact) mass is 308 g/mol. The Bertz CT molecular complexity index is 803. The summed E-state index contributed by atoms with van der Waals surface area (Å²) >= 11 is 1.69. The van der Waals surface area contributed by atoms with E-state index in [4.69, 9.17) is 4.98 Å². The molecule has 0 aliphatic heterocycles. The quantitative estimate of drug-likeness (QED) is 0.628. The van der Waals surface area contributed by atoms with Crippen molar-refractivity contribution in [3.8, 4) is 21.8 Å². The van der Waals surface area contributed by atoms with E-state index in [1.165, 1.54) is 22.3 Å². The lowest BCUT2D eigenvalue weighted by atomic mass is 9.99. The predicted octanol–water partition coefficient (Wildman–Crippen LogP) is 5.61. The summed E-state index contributed by atoms with van der Waals surface area (Å²) in [5, 5.41) is 3.19. The molecule has 0 bridgehead atoms. The standard InChI is InChI=1S/C19H20N2S/c1-12(2)15-7-8-20-10-17(15)19-21-18(11-22-19)16-6-5-13(3)9-14(16)4/h5-12H,1-4H3. The summed E-state index contributed by atoms with van der Waals surface area (Å²) < 4.78 is 0. The highest BCUT2D eigenvalue weighted by atomic mass is 32.1. The van der Waals surface area contributed by atoms with Crippen LogP contribution in [0.4, 0.5) is 0 Å². The Hall–Kier alpha value is -2.00. The van der Waals surface area contributed by atoms with Gasteiger partial charge < -0.3 is 0 Å². The van der Waals surface area contributed by atoms with Crippen molar-refractivity contribution < 1.29 is 0 Å². The van der Waals surface area contributed by atoms with E-state index in [9.17, 15) is 0 Å². The summed E-state index contributed by atoms with van der Waals surface area (Å²) in [7, 11) is 0. The van der Waals surface area contributed by atoms with Gasteiger partial charge in [-0.3, -0.25) is 4.98 Å². The van der Waals surface area contributed by atoms with Crippen LogP contribution in [-0.4, -0.2) is 9.97 Å². The number of thiazole rings is 1. The fourth-order valence-electron chi connectivity index (χ4n) is 2.71. The number of aryl methyl sites for hydroxylation is 2. The number of nitrogens with zero attached hydrogens (tertiary/aromatic N) is 2. The third kappa shape index (κ3) is 2.81. The van der Waals surface area contributed by atoms with Gasteiger partial charge in [0, 0.05) is 28.9 Å². The van der Waals surface area contributed by atoms with Gasteiger partial charge in [-0.2, -0.15) is 0 Å². The zero-order valence-electron chi connectivity index (χ0n) is 13.4. The molecule has 22 heavy (non-hydrogen) atoms. The zero-order chi connectivity index (χ0) is 15.7. The van der Waals surface area contributed by atoms with E-state index in [-0.39, 0.29) is 0 Å². The molecule has 2 nitrogen and oxygen atoms in total. The van der Waals surface area contributed by atoms with Crippen LogP contribution in [0.1, 0.15) is 36.5 Å². The third-order valence-electron chi connectivity index (χ3n) is 3.87. The van der Waals surface area contributed by atoms with Crippen LogP contribution < -0.4 is 0 Å². The summed E-state index contributed by atoms with van der Waals surface area (Å²) in [6, 6.07) is 8.61. The average molecular weight is 308 g/mol. The Labute approximate surface area is 135 Å². The van der Waals surface area contributed by atoms with Crippen LogP contribution in [0.2, 0.25) is 0 Å². The zero-order valence-corrected chi connectivity index (χ0v) is 14.2. The van der Waals surface area contributed by atoms with Crippen molar-refractivity contribution in [2.45, 2.75) is 33.6 Å². The van der Waals surface area contributed by atoms with Crippen LogP contribution in [0, 0.1) is 13.8 Å². The van der Waals surface area contributed by atoms with Crippen molar-refractivity contribution in [1.82, 2.24) is 9.97 Å². The number of benzene rings is 1. The van der Waals surface area contributed by atoms with E-state index in [0.29, 0.717) is 5.92 Å². The Kier molecular flexibility index (Phi) is 4.08. The molecule has 3 heteroatoms. The molecule has 112 valence electrons. The van der Waals surface area contributed by atoms with E-state index < -0.39 is 0 Å². The molecule has 2 heterocycles. The van der Waals surface area contributed by atoms with Crippen molar-refractivity contribution in [3.05, 3.63) is 58.7 Å². The van der Waals surface area contributed by atoms with E-state index in [1.807, 2.05) is 12.4 Å². The van der Waals surface area contributed by atoms with Gasteiger partial charge in [-0.25, -0.2) is 4.98 Å². The number of hydrogen-bond donors (Lipinski definition) is 0. The summed E-state index contributed by atoms with van der Waals surface area (Å²) in [5.74, 6) is 0.464. The first kappa shape index (κ1) is 14.9. The normalized spacial score (nSPS) is 11.1. The highest BCUT2D eigenvalue weighted by Crippen LogP contribution is 2.34. The van der Waals surface area contributed by atoms with Gasteiger partial charge in [0.15, 0.2) is 0 Å². The third-order valence-corrected chi connectivity index (χ3v) is 4.74. The Morgan fingerprint density at radius 1 is 1.05 bits per heavy atom. The van der Waals surface area contributed by atoms with E-state index in [0.717, 1.165) is 16.3 Å². The lowest BCUT2D eigenvalue weighted by Crippen LogP contribution is -1.93. The molecular formula is C19H20N2S. The van der Waals surface area contributed by atoms with E-state index in [2.05, 4.69) is 62.3 Å². The minimum atomic E-state index is 0.464. The van der Waals surface area contributed by atoms with Crippen LogP contribution in [0.5, 0.6) is 0 Å². The topological polar surface area (TPSA) is 25.8 Å². The van der Waals surface area contributed by atoms with E-state index in [1.54, 1.807) is 11.3 Å². The molecular weight excluding hydrogens is 288 g/mol. The highest BCUT2D eigenvalue weighted by molar-refractivity contribution is 7.13. The maximum atomic E-state index is 4.86. The van der Waals surface area contributed by atoms with Gasteiger partial charge in [-0.1, -0.05) is 37.6 Å². The second-order valence-corrected chi connectivity index (χ2v) is 6.83. The van der Waals surface area contributed by atoms with E-state index >= 15 is 0 Å². The lowest BCUT2D eigenvalue weighted by Gasteiger charge is -2.09. The summed E-state index contributed by atoms with van der Waals surface area (Å²) in [6.07, 6.45) is 3.79. The molecule has 0 saturated carbocycles. The fraction of sp³-hybridized carbons (Fsp3) is 0.263. The van der Waals surface area contributed by atoms with Crippen molar-refractivity contribution in [3.63, 3.8) is 0 Å². The maximum Gasteiger partial charge on any atom is 0.125 e. The van der Waals surface area contributed by atoms with Gasteiger partial charge in [-0.15, -0.1) is 11.3 Å². The Balaban J connectivity index is 2.05. The second-order valence-electron chi connectivity index (χ2n) is 5.97. The first-order chi connectivity index (χ1) is 10.6. The smallest absolute Gasteiger partial charge is 0.125 e. The highest BCUT2D eigenvalue weighted by Gasteiger charge is 2.13. The average Bonchev–Trinajstić information content (AvgIpc) is 2.96. The fourth-order valence-corrected chi connectivity index (χ4v) is 3.56. The molecule has 3 aromatic rings. The number of hydrogen-bond acceptors (Lipinski definition) is 3. The minimum absolute atomic E-state index is 0.464. The second kappa shape index (κ2) is 6.01.